The molecule has 1 aromatic heterocycles. The van der Waals surface area contributed by atoms with Crippen LogP contribution in [0.25, 0.3) is 11.3 Å². The second-order valence-electron chi connectivity index (χ2n) is 9.41. The van der Waals surface area contributed by atoms with Gasteiger partial charge < -0.3 is 14.4 Å². The van der Waals surface area contributed by atoms with Crippen LogP contribution in [-0.4, -0.2) is 16.2 Å². The lowest BCUT2D eigenvalue weighted by molar-refractivity contribution is 0.0697. The minimum Gasteiger partial charge on any atom is -0.489 e. The van der Waals surface area contributed by atoms with Gasteiger partial charge in [-0.2, -0.15) is 0 Å². The molecule has 0 aliphatic heterocycles. The van der Waals surface area contributed by atoms with Crippen molar-refractivity contribution >= 4 is 40.8 Å². The van der Waals surface area contributed by atoms with Crippen molar-refractivity contribution in [3.63, 3.8) is 0 Å². The fraction of sp³-hybridized carbons (Fsp3) is 0.241. The number of hydrogen-bond acceptors (Lipinski definition) is 4. The average Bonchev–Trinajstić information content (AvgIpc) is 3.40. The number of aryl methyl sites for hydroxylation is 1. The zero-order chi connectivity index (χ0) is 26.3. The molecule has 0 bridgehead atoms. The molecule has 1 fully saturated rings. The molecule has 0 amide bonds. The maximum atomic E-state index is 11.2. The molecule has 1 aliphatic carbocycles. The molecule has 5 rings (SSSR count). The Labute approximate surface area is 229 Å². The average molecular weight is 557 g/mol. The first kappa shape index (κ1) is 25.7. The number of carboxylic acid groups (broad SMARTS) is 1. The summed E-state index contributed by atoms with van der Waals surface area (Å²) in [6.45, 7) is 4.37. The molecule has 5 nitrogen and oxygen atoms in total. The molecular weight excluding hydrogens is 533 g/mol. The molecule has 190 valence electrons. The molecule has 1 aliphatic rings. The molecule has 1 saturated carbocycles. The highest BCUT2D eigenvalue weighted by molar-refractivity contribution is 6.39. The lowest BCUT2D eigenvalue weighted by Gasteiger charge is -2.16. The Balaban J connectivity index is 1.35. The van der Waals surface area contributed by atoms with E-state index in [1.807, 2.05) is 37.3 Å². The molecule has 3 aromatic carbocycles. The van der Waals surface area contributed by atoms with E-state index < -0.39 is 5.97 Å². The van der Waals surface area contributed by atoms with E-state index in [1.54, 1.807) is 30.3 Å². The second-order valence-corrected chi connectivity index (χ2v) is 10.6. The first-order valence-electron chi connectivity index (χ1n) is 11.9. The van der Waals surface area contributed by atoms with Crippen LogP contribution in [0.4, 0.5) is 0 Å². The number of ether oxygens (including phenoxy) is 1. The Morgan fingerprint density at radius 3 is 2.41 bits per heavy atom. The number of hydrogen-bond donors (Lipinski definition) is 1. The number of halogens is 3. The summed E-state index contributed by atoms with van der Waals surface area (Å²) in [5.41, 5.74) is 4.27. The van der Waals surface area contributed by atoms with Gasteiger partial charge >= 0.3 is 5.97 Å². The first-order valence-corrected chi connectivity index (χ1v) is 13.0. The topological polar surface area (TPSA) is 72.6 Å². The number of carbonyl (C=O) groups is 1. The minimum atomic E-state index is -0.928. The highest BCUT2D eigenvalue weighted by Gasteiger charge is 2.52. The monoisotopic (exact) mass is 555 g/mol. The number of nitrogens with zero attached hydrogens (tertiary/aromatic N) is 1. The normalized spacial score (nSPS) is 18.6. The number of rotatable bonds is 8. The number of benzene rings is 3. The van der Waals surface area contributed by atoms with E-state index in [2.05, 4.69) is 12.1 Å². The lowest BCUT2D eigenvalue weighted by atomic mass is 9.92. The van der Waals surface area contributed by atoms with Crippen molar-refractivity contribution in [2.75, 3.05) is 0 Å². The molecule has 0 saturated heterocycles. The van der Waals surface area contributed by atoms with Gasteiger partial charge in [-0.3, -0.25) is 0 Å². The van der Waals surface area contributed by atoms with Crippen molar-refractivity contribution in [3.05, 3.63) is 104 Å². The third-order valence-corrected chi connectivity index (χ3v) is 8.07. The zero-order valence-corrected chi connectivity index (χ0v) is 22.5. The Morgan fingerprint density at radius 2 is 1.78 bits per heavy atom. The van der Waals surface area contributed by atoms with Gasteiger partial charge in [0.15, 0.2) is 0 Å². The molecule has 8 heteroatoms. The van der Waals surface area contributed by atoms with Gasteiger partial charge in [-0.15, -0.1) is 0 Å². The summed E-state index contributed by atoms with van der Waals surface area (Å²) in [5, 5.41) is 15.0. The minimum absolute atomic E-state index is 0.127. The SMILES string of the molecule is CCc1onc(-c2c(Cl)cccc2Cl)c1COc1ccc(C2(C)CC2c2ccc(C(=O)O)cc2)c(Cl)c1. The fourth-order valence-electron chi connectivity index (χ4n) is 4.90. The molecule has 4 aromatic rings. The van der Waals surface area contributed by atoms with Crippen molar-refractivity contribution in [1.82, 2.24) is 5.16 Å². The van der Waals surface area contributed by atoms with E-state index in [9.17, 15) is 4.79 Å². The van der Waals surface area contributed by atoms with Crippen LogP contribution >= 0.6 is 34.8 Å². The summed E-state index contributed by atoms with van der Waals surface area (Å²) in [7, 11) is 0. The second kappa shape index (κ2) is 10.1. The molecule has 2 atom stereocenters. The Kier molecular flexibility index (Phi) is 6.97. The smallest absolute Gasteiger partial charge is 0.335 e. The van der Waals surface area contributed by atoms with Crippen LogP contribution < -0.4 is 4.74 Å². The number of carboxylic acids is 1. The van der Waals surface area contributed by atoms with Gasteiger partial charge in [-0.05, 0) is 59.9 Å². The summed E-state index contributed by atoms with van der Waals surface area (Å²) < 4.78 is 11.7. The van der Waals surface area contributed by atoms with Gasteiger partial charge in [0.25, 0.3) is 0 Å². The molecule has 1 heterocycles. The molecular formula is C29H24Cl3NO4. The summed E-state index contributed by atoms with van der Waals surface area (Å²) in [4.78, 5) is 11.2. The van der Waals surface area contributed by atoms with Crippen LogP contribution in [0.15, 0.2) is 65.2 Å². The Hall–Kier alpha value is -2.99. The van der Waals surface area contributed by atoms with Crippen LogP contribution in [0.2, 0.25) is 15.1 Å². The Bertz CT molecular complexity index is 1460. The zero-order valence-electron chi connectivity index (χ0n) is 20.2. The van der Waals surface area contributed by atoms with Crippen molar-refractivity contribution < 1.29 is 19.2 Å². The summed E-state index contributed by atoms with van der Waals surface area (Å²) in [5.74, 6) is 0.672. The Morgan fingerprint density at radius 1 is 1.08 bits per heavy atom. The van der Waals surface area contributed by atoms with Crippen LogP contribution in [0.5, 0.6) is 5.75 Å². The van der Waals surface area contributed by atoms with Gasteiger partial charge in [0.05, 0.1) is 21.2 Å². The van der Waals surface area contributed by atoms with Crippen LogP contribution in [0, 0.1) is 0 Å². The molecule has 0 spiro atoms. The maximum absolute atomic E-state index is 11.2. The van der Waals surface area contributed by atoms with E-state index in [1.165, 1.54) is 0 Å². The van der Waals surface area contributed by atoms with Crippen LogP contribution in [-0.2, 0) is 18.4 Å². The van der Waals surface area contributed by atoms with Crippen molar-refractivity contribution in [1.29, 1.82) is 0 Å². The fourth-order valence-corrected chi connectivity index (χ4v) is 5.86. The van der Waals surface area contributed by atoms with Crippen molar-refractivity contribution in [2.45, 2.75) is 44.6 Å². The van der Waals surface area contributed by atoms with E-state index in [-0.39, 0.29) is 23.5 Å². The van der Waals surface area contributed by atoms with Crippen LogP contribution in [0.3, 0.4) is 0 Å². The van der Waals surface area contributed by atoms with Gasteiger partial charge in [0.1, 0.15) is 23.8 Å². The standard InChI is InChI=1S/C29H24Cl3NO4/c1-3-25-19(27(33-37-25)26-22(30)5-4-6-23(26)31)15-36-18-11-12-20(24(32)13-18)29(2)14-21(29)16-7-9-17(10-8-16)28(34)35/h4-13,21H,3,14-15H2,1-2H3,(H,34,35). The third-order valence-electron chi connectivity index (χ3n) is 7.13. The van der Waals surface area contributed by atoms with Crippen molar-refractivity contribution in [3.8, 4) is 17.0 Å². The highest BCUT2D eigenvalue weighted by Crippen LogP contribution is 2.61. The van der Waals surface area contributed by atoms with E-state index >= 15 is 0 Å². The molecule has 37 heavy (non-hydrogen) atoms. The van der Waals surface area contributed by atoms with Crippen molar-refractivity contribution in [2.24, 2.45) is 0 Å². The predicted molar refractivity (Wildman–Crippen MR) is 145 cm³/mol. The van der Waals surface area contributed by atoms with Gasteiger partial charge in [-0.1, -0.05) is 78.1 Å². The highest BCUT2D eigenvalue weighted by atomic mass is 35.5. The molecule has 0 radical (unpaired) electrons. The predicted octanol–water partition coefficient (Wildman–Crippen LogP) is 8.59. The van der Waals surface area contributed by atoms with Gasteiger partial charge in [-0.25, -0.2) is 4.79 Å². The largest absolute Gasteiger partial charge is 0.489 e. The first-order chi connectivity index (χ1) is 17.7. The molecule has 1 N–H and O–H groups in total. The van der Waals surface area contributed by atoms with E-state index in [4.69, 9.17) is 49.2 Å². The summed E-state index contributed by atoms with van der Waals surface area (Å²) in [6.07, 6.45) is 1.57. The third kappa shape index (κ3) is 4.84. The summed E-state index contributed by atoms with van der Waals surface area (Å²) >= 11 is 19.6. The van der Waals surface area contributed by atoms with E-state index in [0.29, 0.717) is 44.3 Å². The van der Waals surface area contributed by atoms with Gasteiger partial charge in [0, 0.05) is 22.4 Å². The number of aromatic nitrogens is 1. The molecule has 2 unspecified atom stereocenters. The number of aromatic carboxylic acids is 1. The van der Waals surface area contributed by atoms with Gasteiger partial charge in [0.2, 0.25) is 0 Å². The quantitative estimate of drug-likeness (QED) is 0.235. The maximum Gasteiger partial charge on any atom is 0.335 e. The summed E-state index contributed by atoms with van der Waals surface area (Å²) in [6, 6.07) is 18.1. The van der Waals surface area contributed by atoms with Crippen LogP contribution in [0.1, 0.15) is 59.0 Å². The lowest BCUT2D eigenvalue weighted by Crippen LogP contribution is -2.06. The van der Waals surface area contributed by atoms with E-state index in [0.717, 1.165) is 23.1 Å².